The van der Waals surface area contributed by atoms with E-state index in [1.165, 1.54) is 46.4 Å². The summed E-state index contributed by atoms with van der Waals surface area (Å²) < 4.78 is 0. The molecule has 0 atom stereocenters. The van der Waals surface area contributed by atoms with Crippen LogP contribution in [0.15, 0.2) is 67.0 Å². The van der Waals surface area contributed by atoms with Crippen LogP contribution in [0.25, 0.3) is 11.5 Å². The van der Waals surface area contributed by atoms with Gasteiger partial charge < -0.3 is 10.7 Å². The minimum Gasteiger partial charge on any atom is -0.340 e. The van der Waals surface area contributed by atoms with Crippen LogP contribution >= 0.6 is 0 Å². The number of nitrogens with one attached hydrogen (secondary N) is 3. The van der Waals surface area contributed by atoms with Crippen LogP contribution in [0.4, 0.5) is 5.69 Å². The van der Waals surface area contributed by atoms with Gasteiger partial charge in [0, 0.05) is 40.6 Å². The minimum atomic E-state index is 0.832. The highest BCUT2D eigenvalue weighted by Crippen LogP contribution is 2.25. The summed E-state index contributed by atoms with van der Waals surface area (Å²) in [6.45, 7) is 0. The predicted molar refractivity (Wildman–Crippen MR) is 109 cm³/mol. The first-order valence-corrected chi connectivity index (χ1v) is 9.49. The third-order valence-corrected chi connectivity index (χ3v) is 5.36. The molecule has 0 unspecified atom stereocenters. The van der Waals surface area contributed by atoms with Crippen molar-refractivity contribution in [1.29, 1.82) is 0 Å². The smallest absolute Gasteiger partial charge is 0.130 e. The number of aryl methyl sites for hydroxylation is 2. The lowest BCUT2D eigenvalue weighted by atomic mass is 10.1. The molecule has 2 aliphatic rings. The summed E-state index contributed by atoms with van der Waals surface area (Å²) in [6, 6.07) is 19.3. The lowest BCUT2D eigenvalue weighted by Gasteiger charge is -2.22. The van der Waals surface area contributed by atoms with Crippen LogP contribution in [0, 0.1) is 0 Å². The maximum atomic E-state index is 4.11. The van der Waals surface area contributed by atoms with Gasteiger partial charge in [-0.05, 0) is 60.2 Å². The first-order chi connectivity index (χ1) is 13.4. The van der Waals surface area contributed by atoms with Crippen molar-refractivity contribution in [3.63, 3.8) is 0 Å². The van der Waals surface area contributed by atoms with Crippen molar-refractivity contribution in [3.8, 4) is 0 Å². The van der Waals surface area contributed by atoms with Gasteiger partial charge in [0.1, 0.15) is 5.82 Å². The van der Waals surface area contributed by atoms with E-state index in [4.69, 9.17) is 0 Å². The lowest BCUT2D eigenvalue weighted by molar-refractivity contribution is 0.768. The molecule has 134 valence electrons. The number of pyridine rings is 1. The molecule has 0 saturated carbocycles. The van der Waals surface area contributed by atoms with E-state index in [2.05, 4.69) is 75.7 Å². The van der Waals surface area contributed by atoms with E-state index in [0.717, 1.165) is 23.6 Å². The highest BCUT2D eigenvalue weighted by molar-refractivity contribution is 5.67. The van der Waals surface area contributed by atoms with Crippen LogP contribution in [-0.2, 0) is 19.3 Å². The van der Waals surface area contributed by atoms with Gasteiger partial charge in [0.05, 0.1) is 0 Å². The van der Waals surface area contributed by atoms with Crippen molar-refractivity contribution in [3.05, 3.63) is 94.1 Å². The van der Waals surface area contributed by atoms with Crippen molar-refractivity contribution in [2.45, 2.75) is 25.7 Å². The van der Waals surface area contributed by atoms with Crippen LogP contribution in [0.3, 0.4) is 0 Å². The molecule has 4 heteroatoms. The van der Waals surface area contributed by atoms with Crippen LogP contribution < -0.4 is 26.6 Å². The number of hydrogen-bond donors (Lipinski definition) is 3. The Kier molecular flexibility index (Phi) is 4.02. The Hall–Kier alpha value is -3.27. The maximum absolute atomic E-state index is 4.11. The molecule has 0 spiro atoms. The van der Waals surface area contributed by atoms with E-state index in [1.54, 1.807) is 0 Å². The minimum absolute atomic E-state index is 0.832. The van der Waals surface area contributed by atoms with Crippen LogP contribution in [0.2, 0.25) is 0 Å². The average molecular weight is 354 g/mol. The first-order valence-electron chi connectivity index (χ1n) is 9.49. The Morgan fingerprint density at radius 2 is 1.67 bits per heavy atom. The zero-order valence-corrected chi connectivity index (χ0v) is 15.1. The molecule has 0 radical (unpaired) electrons. The quantitative estimate of drug-likeness (QED) is 0.672. The zero-order chi connectivity index (χ0) is 18.1. The molecule has 0 fully saturated rings. The van der Waals surface area contributed by atoms with Gasteiger partial charge in [0.15, 0.2) is 0 Å². The first kappa shape index (κ1) is 15.9. The second-order valence-electron chi connectivity index (χ2n) is 7.14. The zero-order valence-electron chi connectivity index (χ0n) is 15.1. The van der Waals surface area contributed by atoms with Crippen molar-refractivity contribution in [1.82, 2.24) is 15.8 Å². The Balaban J connectivity index is 1.54. The molecule has 1 aliphatic heterocycles. The van der Waals surface area contributed by atoms with Gasteiger partial charge in [-0.25, -0.2) is 0 Å². The summed E-state index contributed by atoms with van der Waals surface area (Å²) in [5.74, 6) is 0.988. The molecule has 27 heavy (non-hydrogen) atoms. The van der Waals surface area contributed by atoms with E-state index in [9.17, 15) is 0 Å². The number of anilines is 1. The van der Waals surface area contributed by atoms with E-state index < -0.39 is 0 Å². The van der Waals surface area contributed by atoms with Gasteiger partial charge in [-0.3, -0.25) is 10.4 Å². The predicted octanol–water partition coefficient (Wildman–Crippen LogP) is 2.21. The Labute approximate surface area is 158 Å². The average Bonchev–Trinajstić information content (AvgIpc) is 3.18. The highest BCUT2D eigenvalue weighted by Gasteiger charge is 2.13. The molecule has 0 saturated heterocycles. The van der Waals surface area contributed by atoms with Gasteiger partial charge in [0.2, 0.25) is 0 Å². The second-order valence-corrected chi connectivity index (χ2v) is 7.14. The number of fused-ring (bicyclic) bond motifs is 2. The molecule has 3 N–H and O–H groups in total. The standard InChI is InChI=1S/C23H22N4/c1-2-7-21-20(6-1)22(14-16-10-12-24-13-11-16)26-27-23(21)25-19-9-8-17-4-3-5-18(17)15-19/h1-2,6-13,15,25-27H,3-5,14H2. The van der Waals surface area contributed by atoms with Crippen LogP contribution in [0.1, 0.15) is 23.1 Å². The molecule has 2 aromatic carbocycles. The number of benzene rings is 2. The maximum Gasteiger partial charge on any atom is 0.130 e. The molecule has 2 heterocycles. The fraction of sp³-hybridized carbons (Fsp3) is 0.174. The molecule has 5 rings (SSSR count). The van der Waals surface area contributed by atoms with Gasteiger partial charge in [-0.15, -0.1) is 0 Å². The normalized spacial score (nSPS) is 14.8. The van der Waals surface area contributed by atoms with Gasteiger partial charge in [-0.2, -0.15) is 0 Å². The Morgan fingerprint density at radius 1 is 0.852 bits per heavy atom. The van der Waals surface area contributed by atoms with Crippen molar-refractivity contribution < 1.29 is 0 Å². The van der Waals surface area contributed by atoms with Crippen molar-refractivity contribution in [2.24, 2.45) is 0 Å². The number of hydrogen-bond acceptors (Lipinski definition) is 4. The third-order valence-electron chi connectivity index (χ3n) is 5.36. The van der Waals surface area contributed by atoms with E-state index in [1.807, 2.05) is 12.4 Å². The molecule has 0 amide bonds. The molecular weight excluding hydrogens is 332 g/mol. The fourth-order valence-electron chi connectivity index (χ4n) is 3.97. The number of aromatic nitrogens is 1. The van der Waals surface area contributed by atoms with Crippen LogP contribution in [-0.4, -0.2) is 4.98 Å². The van der Waals surface area contributed by atoms with Crippen molar-refractivity contribution in [2.75, 3.05) is 5.32 Å². The summed E-state index contributed by atoms with van der Waals surface area (Å²) >= 11 is 0. The van der Waals surface area contributed by atoms with Gasteiger partial charge in [-0.1, -0.05) is 30.3 Å². The summed E-state index contributed by atoms with van der Waals surface area (Å²) in [7, 11) is 0. The molecule has 1 aromatic heterocycles. The van der Waals surface area contributed by atoms with E-state index >= 15 is 0 Å². The molecule has 1 aliphatic carbocycles. The molecular formula is C23H22N4. The molecule has 4 nitrogen and oxygen atoms in total. The topological polar surface area (TPSA) is 49.0 Å². The third kappa shape index (κ3) is 3.14. The SMILES string of the molecule is c1ccc2c(c1)=C(Cc1ccncc1)NNC=2Nc1ccc2c(c1)CCC2. The number of rotatable bonds is 4. The van der Waals surface area contributed by atoms with Gasteiger partial charge in [0.25, 0.3) is 0 Å². The second kappa shape index (κ2) is 6.80. The Morgan fingerprint density at radius 3 is 2.56 bits per heavy atom. The summed E-state index contributed by atoms with van der Waals surface area (Å²) in [5, 5.41) is 5.97. The highest BCUT2D eigenvalue weighted by atomic mass is 15.4. The molecule has 3 aromatic rings. The summed E-state index contributed by atoms with van der Waals surface area (Å²) in [6.07, 6.45) is 8.18. The Bertz CT molecular complexity index is 1100. The fourth-order valence-corrected chi connectivity index (χ4v) is 3.97. The summed E-state index contributed by atoms with van der Waals surface area (Å²) in [5.41, 5.74) is 13.3. The monoisotopic (exact) mass is 354 g/mol. The van der Waals surface area contributed by atoms with Crippen molar-refractivity contribution >= 4 is 17.2 Å². The summed E-state index contributed by atoms with van der Waals surface area (Å²) in [4.78, 5) is 4.11. The number of hydrazine groups is 1. The van der Waals surface area contributed by atoms with Crippen LogP contribution in [0.5, 0.6) is 0 Å². The van der Waals surface area contributed by atoms with E-state index in [0.29, 0.717) is 0 Å². The van der Waals surface area contributed by atoms with E-state index in [-0.39, 0.29) is 0 Å². The number of nitrogens with zero attached hydrogens (tertiary/aromatic N) is 1. The van der Waals surface area contributed by atoms with Gasteiger partial charge >= 0.3 is 0 Å². The molecule has 0 bridgehead atoms. The lowest BCUT2D eigenvalue weighted by Crippen LogP contribution is -2.49. The largest absolute Gasteiger partial charge is 0.340 e.